The number of rotatable bonds is 7. The molecule has 2 rings (SSSR count). The van der Waals surface area contributed by atoms with Crippen molar-refractivity contribution in [3.8, 4) is 0 Å². The molecule has 1 aliphatic carbocycles. The molecule has 144 valence electrons. The summed E-state index contributed by atoms with van der Waals surface area (Å²) in [5, 5.41) is 11.7. The van der Waals surface area contributed by atoms with E-state index in [-0.39, 0.29) is 25.7 Å². The van der Waals surface area contributed by atoms with Crippen molar-refractivity contribution in [3.63, 3.8) is 0 Å². The van der Waals surface area contributed by atoms with Crippen LogP contribution in [0.3, 0.4) is 0 Å². The molecule has 1 amide bonds. The number of carboxylic acid groups (broad SMARTS) is 1. The lowest BCUT2D eigenvalue weighted by atomic mass is 9.80. The zero-order chi connectivity index (χ0) is 19.2. The lowest BCUT2D eigenvalue weighted by molar-refractivity contribution is -0.186. The van der Waals surface area contributed by atoms with Gasteiger partial charge in [-0.05, 0) is 37.7 Å². The molecule has 3 atom stereocenters. The predicted octanol–water partition coefficient (Wildman–Crippen LogP) is 3.95. The predicted molar refractivity (Wildman–Crippen MR) is 90.4 cm³/mol. The summed E-state index contributed by atoms with van der Waals surface area (Å²) >= 11 is 0. The summed E-state index contributed by atoms with van der Waals surface area (Å²) in [5.41, 5.74) is 0.944. The molecule has 1 aromatic rings. The van der Waals surface area contributed by atoms with Gasteiger partial charge in [-0.2, -0.15) is 13.2 Å². The number of alkyl halides is 3. The smallest absolute Gasteiger partial charge is 0.391 e. The molecule has 0 spiro atoms. The number of carbonyl (C=O) groups is 2. The van der Waals surface area contributed by atoms with Crippen LogP contribution in [0.1, 0.15) is 44.1 Å². The maximum absolute atomic E-state index is 12.9. The van der Waals surface area contributed by atoms with Crippen LogP contribution in [0.2, 0.25) is 0 Å². The van der Waals surface area contributed by atoms with Crippen LogP contribution in [0.4, 0.5) is 13.2 Å². The largest absolute Gasteiger partial charge is 0.481 e. The number of halogens is 3. The number of carboxylic acids is 1. The second-order valence-corrected chi connectivity index (χ2v) is 6.93. The third-order valence-electron chi connectivity index (χ3n) is 4.89. The van der Waals surface area contributed by atoms with E-state index >= 15 is 0 Å². The standard InChI is InChI=1S/C19H24F3NO3/c20-19(21,22)15-8-4-7-14(12-15)18(26)23-16(9-10-17(24)25)11-13-5-2-1-3-6-13/h1-3,5-6,14-16H,4,7-12H2,(H,23,26)(H,24,25). The highest BCUT2D eigenvalue weighted by molar-refractivity contribution is 5.79. The van der Waals surface area contributed by atoms with Gasteiger partial charge in [0, 0.05) is 18.4 Å². The zero-order valence-electron chi connectivity index (χ0n) is 14.5. The number of hydrogen-bond acceptors (Lipinski definition) is 2. The lowest BCUT2D eigenvalue weighted by Gasteiger charge is -2.31. The monoisotopic (exact) mass is 371 g/mol. The molecule has 0 bridgehead atoms. The van der Waals surface area contributed by atoms with E-state index in [9.17, 15) is 22.8 Å². The molecule has 4 nitrogen and oxygen atoms in total. The third-order valence-corrected chi connectivity index (χ3v) is 4.89. The summed E-state index contributed by atoms with van der Waals surface area (Å²) in [7, 11) is 0. The second kappa shape index (κ2) is 9.05. The molecule has 1 saturated carbocycles. The van der Waals surface area contributed by atoms with Gasteiger partial charge in [0.2, 0.25) is 5.91 Å². The van der Waals surface area contributed by atoms with Crippen LogP contribution < -0.4 is 5.32 Å². The Morgan fingerprint density at radius 1 is 1.19 bits per heavy atom. The quantitative estimate of drug-likeness (QED) is 0.763. The first-order chi connectivity index (χ1) is 12.3. The fraction of sp³-hybridized carbons (Fsp3) is 0.579. The molecule has 1 aromatic carbocycles. The number of hydrogen-bond donors (Lipinski definition) is 2. The van der Waals surface area contributed by atoms with Crippen molar-refractivity contribution in [2.75, 3.05) is 0 Å². The molecule has 1 fully saturated rings. The summed E-state index contributed by atoms with van der Waals surface area (Å²) in [5.74, 6) is -3.46. The fourth-order valence-electron chi connectivity index (χ4n) is 3.47. The Labute approximate surface area is 150 Å². The van der Waals surface area contributed by atoms with Gasteiger partial charge in [0.25, 0.3) is 0 Å². The molecule has 1 aliphatic rings. The summed E-state index contributed by atoms with van der Waals surface area (Å²) in [6, 6.07) is 8.89. The average molecular weight is 371 g/mol. The minimum absolute atomic E-state index is 0.0692. The summed E-state index contributed by atoms with van der Waals surface area (Å²) in [4.78, 5) is 23.3. The lowest BCUT2D eigenvalue weighted by Crippen LogP contribution is -2.43. The topological polar surface area (TPSA) is 66.4 Å². The Bertz CT molecular complexity index is 604. The molecule has 0 radical (unpaired) electrons. The molecular formula is C19H24F3NO3. The Hall–Kier alpha value is -2.05. The summed E-state index contributed by atoms with van der Waals surface area (Å²) < 4.78 is 38.8. The third kappa shape index (κ3) is 6.35. The van der Waals surface area contributed by atoms with Crippen LogP contribution in [-0.4, -0.2) is 29.2 Å². The highest BCUT2D eigenvalue weighted by Gasteiger charge is 2.43. The molecule has 0 saturated heterocycles. The van der Waals surface area contributed by atoms with Crippen molar-refractivity contribution in [2.24, 2.45) is 11.8 Å². The Morgan fingerprint density at radius 3 is 2.50 bits per heavy atom. The maximum atomic E-state index is 12.9. The van der Waals surface area contributed by atoms with E-state index in [4.69, 9.17) is 5.11 Å². The Morgan fingerprint density at radius 2 is 1.88 bits per heavy atom. The Balaban J connectivity index is 1.99. The van der Waals surface area contributed by atoms with Gasteiger partial charge in [0.1, 0.15) is 0 Å². The van der Waals surface area contributed by atoms with Gasteiger partial charge in [-0.1, -0.05) is 36.8 Å². The van der Waals surface area contributed by atoms with Crippen LogP contribution >= 0.6 is 0 Å². The van der Waals surface area contributed by atoms with Crippen molar-refractivity contribution in [1.82, 2.24) is 5.32 Å². The molecule has 7 heteroatoms. The SMILES string of the molecule is O=C(O)CCC(Cc1ccccc1)NC(=O)C1CCCC(C(F)(F)F)C1. The van der Waals surface area contributed by atoms with Crippen molar-refractivity contribution in [2.45, 2.75) is 57.2 Å². The first-order valence-electron chi connectivity index (χ1n) is 8.88. The van der Waals surface area contributed by atoms with Gasteiger partial charge >= 0.3 is 12.1 Å². The molecule has 3 unspecified atom stereocenters. The number of amides is 1. The number of aliphatic carboxylic acids is 1. The molecule has 2 N–H and O–H groups in total. The van der Waals surface area contributed by atoms with E-state index in [2.05, 4.69) is 5.32 Å². The first-order valence-corrected chi connectivity index (χ1v) is 8.88. The summed E-state index contributed by atoms with van der Waals surface area (Å²) in [6.07, 6.45) is -2.98. The van der Waals surface area contributed by atoms with Crippen molar-refractivity contribution in [1.29, 1.82) is 0 Å². The van der Waals surface area contributed by atoms with Gasteiger partial charge in [0.15, 0.2) is 0 Å². The van der Waals surface area contributed by atoms with E-state index in [0.29, 0.717) is 19.3 Å². The van der Waals surface area contributed by atoms with E-state index in [1.54, 1.807) is 0 Å². The zero-order valence-corrected chi connectivity index (χ0v) is 14.5. The number of carbonyl (C=O) groups excluding carboxylic acids is 1. The normalized spacial score (nSPS) is 21.8. The van der Waals surface area contributed by atoms with Crippen LogP contribution in [0.25, 0.3) is 0 Å². The average Bonchev–Trinajstić information content (AvgIpc) is 2.60. The molecule has 26 heavy (non-hydrogen) atoms. The number of benzene rings is 1. The van der Waals surface area contributed by atoms with Crippen molar-refractivity contribution < 1.29 is 27.9 Å². The number of nitrogens with one attached hydrogen (secondary N) is 1. The maximum Gasteiger partial charge on any atom is 0.391 e. The van der Waals surface area contributed by atoms with Crippen LogP contribution in [0.15, 0.2) is 30.3 Å². The molecule has 0 heterocycles. The second-order valence-electron chi connectivity index (χ2n) is 6.93. The van der Waals surface area contributed by atoms with Crippen molar-refractivity contribution in [3.05, 3.63) is 35.9 Å². The minimum Gasteiger partial charge on any atom is -0.481 e. The van der Waals surface area contributed by atoms with Gasteiger partial charge in [-0.3, -0.25) is 9.59 Å². The molecule has 0 aromatic heterocycles. The molecule has 0 aliphatic heterocycles. The van der Waals surface area contributed by atoms with Gasteiger partial charge in [-0.25, -0.2) is 0 Å². The van der Waals surface area contributed by atoms with Gasteiger partial charge in [-0.15, -0.1) is 0 Å². The fourth-order valence-corrected chi connectivity index (χ4v) is 3.47. The first kappa shape index (κ1) is 20.3. The van der Waals surface area contributed by atoms with Gasteiger partial charge < -0.3 is 10.4 Å². The van der Waals surface area contributed by atoms with E-state index in [0.717, 1.165) is 5.56 Å². The highest BCUT2D eigenvalue weighted by Crippen LogP contribution is 2.40. The van der Waals surface area contributed by atoms with E-state index in [1.807, 2.05) is 30.3 Å². The van der Waals surface area contributed by atoms with Crippen LogP contribution in [0.5, 0.6) is 0 Å². The van der Waals surface area contributed by atoms with Gasteiger partial charge in [0.05, 0.1) is 5.92 Å². The van der Waals surface area contributed by atoms with Crippen LogP contribution in [-0.2, 0) is 16.0 Å². The van der Waals surface area contributed by atoms with E-state index in [1.165, 1.54) is 0 Å². The van der Waals surface area contributed by atoms with Crippen LogP contribution in [0, 0.1) is 11.8 Å². The van der Waals surface area contributed by atoms with Crippen molar-refractivity contribution >= 4 is 11.9 Å². The summed E-state index contributed by atoms with van der Waals surface area (Å²) in [6.45, 7) is 0. The molecular weight excluding hydrogens is 347 g/mol. The highest BCUT2D eigenvalue weighted by atomic mass is 19.4. The minimum atomic E-state index is -4.27. The van der Waals surface area contributed by atoms with E-state index < -0.39 is 35.9 Å². The Kier molecular flexibility index (Phi) is 7.06.